The first-order chi connectivity index (χ1) is 15.8. The van der Waals surface area contributed by atoms with Gasteiger partial charge in [-0.05, 0) is 43.5 Å². The maximum Gasteiger partial charge on any atom is 0.261 e. The van der Waals surface area contributed by atoms with E-state index in [9.17, 15) is 23.2 Å². The lowest BCUT2D eigenvalue weighted by Gasteiger charge is -2.26. The van der Waals surface area contributed by atoms with E-state index in [4.69, 9.17) is 0 Å². The van der Waals surface area contributed by atoms with Crippen LogP contribution in [0.2, 0.25) is 0 Å². The Balaban J connectivity index is 1.76. The summed E-state index contributed by atoms with van der Waals surface area (Å²) in [7, 11) is 0. The number of carbonyl (C=O) groups excluding carboxylic acids is 2. The van der Waals surface area contributed by atoms with E-state index in [0.29, 0.717) is 17.8 Å². The predicted octanol–water partition coefficient (Wildman–Crippen LogP) is 3.53. The van der Waals surface area contributed by atoms with Crippen molar-refractivity contribution in [2.75, 3.05) is 6.54 Å². The number of rotatable bonds is 5. The molecule has 0 saturated carbocycles. The van der Waals surface area contributed by atoms with Crippen molar-refractivity contribution in [2.45, 2.75) is 45.8 Å². The second-order valence-corrected chi connectivity index (χ2v) is 8.36. The van der Waals surface area contributed by atoms with Gasteiger partial charge in [-0.1, -0.05) is 24.3 Å². The minimum Gasteiger partial charge on any atom is -0.348 e. The average molecular weight is 453 g/mol. The van der Waals surface area contributed by atoms with E-state index in [1.165, 1.54) is 35.8 Å². The Bertz CT molecular complexity index is 1300. The molecule has 6 nitrogen and oxygen atoms in total. The smallest absolute Gasteiger partial charge is 0.261 e. The Morgan fingerprint density at radius 2 is 1.91 bits per heavy atom. The second kappa shape index (κ2) is 9.13. The Morgan fingerprint density at radius 3 is 2.64 bits per heavy atom. The molecule has 0 aliphatic carbocycles. The zero-order valence-corrected chi connectivity index (χ0v) is 18.5. The van der Waals surface area contributed by atoms with Gasteiger partial charge in [0.1, 0.15) is 11.6 Å². The maximum atomic E-state index is 14.8. The number of likely N-dealkylation sites (tertiary alicyclic amines) is 1. The minimum atomic E-state index is -0.708. The third kappa shape index (κ3) is 4.37. The lowest BCUT2D eigenvalue weighted by atomic mass is 10.0. The average Bonchev–Trinajstić information content (AvgIpc) is 3.24. The Labute approximate surface area is 189 Å². The summed E-state index contributed by atoms with van der Waals surface area (Å²) in [5.41, 5.74) is 0.628. The van der Waals surface area contributed by atoms with Gasteiger partial charge in [0.05, 0.1) is 10.9 Å². The van der Waals surface area contributed by atoms with E-state index in [0.717, 1.165) is 12.8 Å². The summed E-state index contributed by atoms with van der Waals surface area (Å²) >= 11 is 0. The molecule has 3 aromatic rings. The Morgan fingerprint density at radius 1 is 1.15 bits per heavy atom. The van der Waals surface area contributed by atoms with Crippen LogP contribution in [0.4, 0.5) is 8.78 Å². The number of aromatic nitrogens is 1. The molecule has 1 atom stereocenters. The number of nitrogens with zero attached hydrogens (tertiary/aromatic N) is 2. The van der Waals surface area contributed by atoms with Gasteiger partial charge in [-0.15, -0.1) is 0 Å². The summed E-state index contributed by atoms with van der Waals surface area (Å²) in [4.78, 5) is 40.2. The van der Waals surface area contributed by atoms with Crippen LogP contribution in [0.15, 0.2) is 47.3 Å². The fourth-order valence-corrected chi connectivity index (χ4v) is 4.64. The van der Waals surface area contributed by atoms with Crippen LogP contribution in [0.25, 0.3) is 10.8 Å². The highest BCUT2D eigenvalue weighted by Gasteiger charge is 2.29. The molecule has 1 aromatic heterocycles. The minimum absolute atomic E-state index is 0.0761. The highest BCUT2D eigenvalue weighted by atomic mass is 19.1. The molecule has 4 rings (SSSR count). The van der Waals surface area contributed by atoms with Crippen LogP contribution in [-0.4, -0.2) is 33.9 Å². The van der Waals surface area contributed by atoms with E-state index in [1.807, 2.05) is 0 Å². The molecule has 2 aromatic carbocycles. The van der Waals surface area contributed by atoms with Crippen LogP contribution >= 0.6 is 0 Å². The maximum absolute atomic E-state index is 14.8. The molecule has 2 amide bonds. The number of pyridine rings is 1. The van der Waals surface area contributed by atoms with E-state index >= 15 is 0 Å². The number of amides is 2. The topological polar surface area (TPSA) is 71.4 Å². The molecule has 1 aliphatic heterocycles. The molecular formula is C25H25F2N3O3. The molecule has 1 unspecified atom stereocenters. The van der Waals surface area contributed by atoms with Gasteiger partial charge in [-0.25, -0.2) is 8.78 Å². The van der Waals surface area contributed by atoms with Gasteiger partial charge < -0.3 is 14.8 Å². The van der Waals surface area contributed by atoms with Gasteiger partial charge >= 0.3 is 0 Å². The van der Waals surface area contributed by atoms with Gasteiger partial charge in [0, 0.05) is 43.7 Å². The van der Waals surface area contributed by atoms with Crippen molar-refractivity contribution in [1.29, 1.82) is 0 Å². The fraction of sp³-hybridized carbons (Fsp3) is 0.320. The van der Waals surface area contributed by atoms with Crippen LogP contribution < -0.4 is 10.9 Å². The van der Waals surface area contributed by atoms with Crippen LogP contribution in [0.5, 0.6) is 0 Å². The highest BCUT2D eigenvalue weighted by Crippen LogP contribution is 2.24. The number of hydrogen-bond acceptors (Lipinski definition) is 3. The molecule has 0 radical (unpaired) electrons. The quantitative estimate of drug-likeness (QED) is 0.643. The first kappa shape index (κ1) is 22.6. The molecule has 1 N–H and O–H groups in total. The lowest BCUT2D eigenvalue weighted by molar-refractivity contribution is -0.129. The molecule has 2 heterocycles. The third-order valence-corrected chi connectivity index (χ3v) is 6.25. The zero-order valence-electron chi connectivity index (χ0n) is 18.5. The summed E-state index contributed by atoms with van der Waals surface area (Å²) in [6, 6.07) is 9.86. The number of carbonyl (C=O) groups is 2. The molecule has 8 heteroatoms. The molecule has 1 aliphatic rings. The molecule has 0 spiro atoms. The number of benzene rings is 2. The van der Waals surface area contributed by atoms with Crippen LogP contribution in [0, 0.1) is 18.6 Å². The molecule has 33 heavy (non-hydrogen) atoms. The number of hydrogen-bond donors (Lipinski definition) is 1. The summed E-state index contributed by atoms with van der Waals surface area (Å²) < 4.78 is 29.7. The molecular weight excluding hydrogens is 428 g/mol. The molecule has 0 bridgehead atoms. The Kier molecular flexibility index (Phi) is 6.26. The van der Waals surface area contributed by atoms with E-state index in [1.54, 1.807) is 30.0 Å². The Hall–Kier alpha value is -3.55. The largest absolute Gasteiger partial charge is 0.348 e. The van der Waals surface area contributed by atoms with E-state index in [2.05, 4.69) is 5.32 Å². The van der Waals surface area contributed by atoms with Gasteiger partial charge in [0.25, 0.3) is 11.5 Å². The third-order valence-electron chi connectivity index (χ3n) is 6.25. The van der Waals surface area contributed by atoms with Gasteiger partial charge in [0.2, 0.25) is 5.91 Å². The normalized spacial score (nSPS) is 15.8. The lowest BCUT2D eigenvalue weighted by Crippen LogP contribution is -2.40. The van der Waals surface area contributed by atoms with Crippen molar-refractivity contribution in [1.82, 2.24) is 14.8 Å². The number of nitrogens with one attached hydrogen (secondary N) is 1. The molecule has 1 saturated heterocycles. The second-order valence-electron chi connectivity index (χ2n) is 8.36. The van der Waals surface area contributed by atoms with Crippen LogP contribution in [0.3, 0.4) is 0 Å². The fourth-order valence-electron chi connectivity index (χ4n) is 4.64. The van der Waals surface area contributed by atoms with Crippen molar-refractivity contribution in [3.05, 3.63) is 81.3 Å². The van der Waals surface area contributed by atoms with Gasteiger partial charge in [-0.2, -0.15) is 0 Å². The molecule has 172 valence electrons. The molecule has 1 fully saturated rings. The van der Waals surface area contributed by atoms with Crippen molar-refractivity contribution >= 4 is 22.6 Å². The summed E-state index contributed by atoms with van der Waals surface area (Å²) in [5, 5.41) is 2.82. The van der Waals surface area contributed by atoms with Crippen LogP contribution in [0.1, 0.15) is 41.4 Å². The van der Waals surface area contributed by atoms with Crippen molar-refractivity contribution in [3.8, 4) is 0 Å². The van der Waals surface area contributed by atoms with Crippen molar-refractivity contribution < 1.29 is 18.4 Å². The monoisotopic (exact) mass is 453 g/mol. The van der Waals surface area contributed by atoms with Crippen molar-refractivity contribution in [3.63, 3.8) is 0 Å². The summed E-state index contributed by atoms with van der Waals surface area (Å²) in [6.45, 7) is 4.00. The first-order valence-electron chi connectivity index (χ1n) is 10.9. The predicted molar refractivity (Wildman–Crippen MR) is 121 cm³/mol. The standard InChI is InChI=1S/C25H25F2N3O3/c1-15-22(24(32)28-13-17-6-3-7-18(26)12-17)20-9-4-10-21(27)23(20)25(33)30(15)14-19-8-5-11-29(19)16(2)31/h3-4,6-7,9-10,12,19H,5,8,11,13-14H2,1-2H3,(H,28,32). The number of fused-ring (bicyclic) bond motifs is 1. The zero-order chi connectivity index (χ0) is 23.7. The van der Waals surface area contributed by atoms with E-state index < -0.39 is 23.1 Å². The van der Waals surface area contributed by atoms with E-state index in [-0.39, 0.29) is 41.4 Å². The summed E-state index contributed by atoms with van der Waals surface area (Å²) in [5.74, 6) is -1.69. The number of halogens is 2. The first-order valence-corrected chi connectivity index (χ1v) is 10.9. The highest BCUT2D eigenvalue weighted by molar-refractivity contribution is 6.07. The van der Waals surface area contributed by atoms with Gasteiger partial charge in [-0.3, -0.25) is 14.4 Å². The summed E-state index contributed by atoms with van der Waals surface area (Å²) in [6.07, 6.45) is 1.54. The SMILES string of the molecule is CC(=O)N1CCCC1Cn1c(C)c(C(=O)NCc2cccc(F)c2)c2cccc(F)c2c1=O. The van der Waals surface area contributed by atoms with Crippen molar-refractivity contribution in [2.24, 2.45) is 0 Å². The van der Waals surface area contributed by atoms with Crippen LogP contribution in [-0.2, 0) is 17.9 Å². The van der Waals surface area contributed by atoms with Gasteiger partial charge in [0.15, 0.2) is 0 Å².